The molecule has 1 saturated carbocycles. The molecule has 0 aromatic carbocycles. The van der Waals surface area contributed by atoms with Gasteiger partial charge in [0.2, 0.25) is 0 Å². The first-order valence-corrected chi connectivity index (χ1v) is 6.72. The largest absolute Gasteiger partial charge is 0.395 e. The molecule has 0 aromatic heterocycles. The fraction of sp³-hybridized carbons (Fsp3) is 1.00. The molecular weight excluding hydrogens is 200 g/mol. The number of rotatable bonds is 4. The van der Waals surface area contributed by atoms with Gasteiger partial charge in [0, 0.05) is 25.2 Å². The molecule has 0 bridgehead atoms. The van der Waals surface area contributed by atoms with Crippen molar-refractivity contribution in [3.63, 3.8) is 0 Å². The Bertz CT molecular complexity index is 220. The molecule has 16 heavy (non-hydrogen) atoms. The standard InChI is InChI=1S/C13H26N2O/c1-9-5-10(2)7-15(6-9)12(8-16)13(14)11-3-4-11/h9-13,16H,3-8,14H2,1-2H3. The number of piperidine rings is 1. The van der Waals surface area contributed by atoms with Crippen molar-refractivity contribution < 1.29 is 5.11 Å². The normalized spacial score (nSPS) is 36.0. The monoisotopic (exact) mass is 226 g/mol. The Balaban J connectivity index is 1.96. The highest BCUT2D eigenvalue weighted by molar-refractivity contribution is 4.94. The van der Waals surface area contributed by atoms with Crippen LogP contribution in [0.4, 0.5) is 0 Å². The topological polar surface area (TPSA) is 49.5 Å². The first-order valence-electron chi connectivity index (χ1n) is 6.72. The maximum absolute atomic E-state index is 9.58. The van der Waals surface area contributed by atoms with E-state index in [4.69, 9.17) is 5.73 Å². The van der Waals surface area contributed by atoms with Gasteiger partial charge in [0.1, 0.15) is 0 Å². The first kappa shape index (κ1) is 12.3. The zero-order valence-corrected chi connectivity index (χ0v) is 10.6. The summed E-state index contributed by atoms with van der Waals surface area (Å²) in [6.45, 7) is 7.04. The highest BCUT2D eigenvalue weighted by Crippen LogP contribution is 2.35. The van der Waals surface area contributed by atoms with E-state index in [-0.39, 0.29) is 18.7 Å². The molecule has 1 aliphatic carbocycles. The summed E-state index contributed by atoms with van der Waals surface area (Å²) in [6, 6.07) is 0.375. The van der Waals surface area contributed by atoms with Crippen molar-refractivity contribution in [3.8, 4) is 0 Å². The highest BCUT2D eigenvalue weighted by atomic mass is 16.3. The van der Waals surface area contributed by atoms with Crippen molar-refractivity contribution in [2.45, 2.75) is 45.2 Å². The van der Waals surface area contributed by atoms with Crippen LogP contribution in [0.2, 0.25) is 0 Å². The minimum absolute atomic E-state index is 0.183. The van der Waals surface area contributed by atoms with Crippen LogP contribution >= 0.6 is 0 Å². The Morgan fingerprint density at radius 2 is 1.81 bits per heavy atom. The second kappa shape index (κ2) is 5.03. The number of nitrogens with zero attached hydrogens (tertiary/aromatic N) is 1. The predicted octanol–water partition coefficient (Wildman–Crippen LogP) is 1.06. The molecule has 0 amide bonds. The van der Waals surface area contributed by atoms with Crippen LogP contribution in [0.1, 0.15) is 33.1 Å². The number of aliphatic hydroxyl groups excluding tert-OH is 1. The number of likely N-dealkylation sites (tertiary alicyclic amines) is 1. The van der Waals surface area contributed by atoms with Gasteiger partial charge in [-0.3, -0.25) is 4.90 Å². The molecule has 1 saturated heterocycles. The van der Waals surface area contributed by atoms with E-state index in [1.165, 1.54) is 19.3 Å². The van der Waals surface area contributed by atoms with Crippen molar-refractivity contribution >= 4 is 0 Å². The summed E-state index contributed by atoms with van der Waals surface area (Å²) in [6.07, 6.45) is 3.83. The minimum atomic E-state index is 0.183. The molecule has 1 aliphatic heterocycles. The van der Waals surface area contributed by atoms with E-state index in [9.17, 15) is 5.11 Å². The lowest BCUT2D eigenvalue weighted by molar-refractivity contribution is 0.0447. The van der Waals surface area contributed by atoms with Crippen LogP contribution in [-0.2, 0) is 0 Å². The lowest BCUT2D eigenvalue weighted by Gasteiger charge is -2.41. The third-order valence-electron chi connectivity index (χ3n) is 4.16. The molecule has 2 fully saturated rings. The van der Waals surface area contributed by atoms with Gasteiger partial charge < -0.3 is 10.8 Å². The molecule has 3 nitrogen and oxygen atoms in total. The summed E-state index contributed by atoms with van der Waals surface area (Å²) in [4.78, 5) is 2.43. The van der Waals surface area contributed by atoms with Crippen molar-refractivity contribution in [1.82, 2.24) is 4.90 Å². The zero-order chi connectivity index (χ0) is 11.7. The molecule has 4 unspecified atom stereocenters. The lowest BCUT2D eigenvalue weighted by Crippen LogP contribution is -2.55. The van der Waals surface area contributed by atoms with Gasteiger partial charge in [0.15, 0.2) is 0 Å². The fourth-order valence-corrected chi connectivity index (χ4v) is 3.26. The number of hydrogen-bond donors (Lipinski definition) is 2. The van der Waals surface area contributed by atoms with Gasteiger partial charge in [-0.1, -0.05) is 13.8 Å². The number of hydrogen-bond acceptors (Lipinski definition) is 3. The highest BCUT2D eigenvalue weighted by Gasteiger charge is 2.38. The maximum Gasteiger partial charge on any atom is 0.0602 e. The van der Waals surface area contributed by atoms with Gasteiger partial charge in [-0.2, -0.15) is 0 Å². The van der Waals surface area contributed by atoms with Crippen molar-refractivity contribution in [2.24, 2.45) is 23.5 Å². The molecule has 0 aromatic rings. The summed E-state index contributed by atoms with van der Waals surface area (Å²) in [5.74, 6) is 2.15. The van der Waals surface area contributed by atoms with Gasteiger partial charge in [-0.25, -0.2) is 0 Å². The average Bonchev–Trinajstić information content (AvgIpc) is 2.99. The first-order chi connectivity index (χ1) is 7.61. The second-order valence-corrected chi connectivity index (χ2v) is 6.06. The van der Waals surface area contributed by atoms with Crippen LogP contribution < -0.4 is 5.73 Å². The van der Waals surface area contributed by atoms with Crippen molar-refractivity contribution in [2.75, 3.05) is 19.7 Å². The quantitative estimate of drug-likeness (QED) is 0.753. The van der Waals surface area contributed by atoms with Gasteiger partial charge >= 0.3 is 0 Å². The molecule has 3 N–H and O–H groups in total. The van der Waals surface area contributed by atoms with Crippen LogP contribution in [0.15, 0.2) is 0 Å². The Hall–Kier alpha value is -0.120. The van der Waals surface area contributed by atoms with E-state index >= 15 is 0 Å². The van der Waals surface area contributed by atoms with Crippen molar-refractivity contribution in [1.29, 1.82) is 0 Å². The summed E-state index contributed by atoms with van der Waals surface area (Å²) in [5.41, 5.74) is 6.25. The molecule has 2 aliphatic rings. The second-order valence-electron chi connectivity index (χ2n) is 6.06. The van der Waals surface area contributed by atoms with E-state index in [0.29, 0.717) is 5.92 Å². The third-order valence-corrected chi connectivity index (χ3v) is 4.16. The van der Waals surface area contributed by atoms with Gasteiger partial charge in [-0.15, -0.1) is 0 Å². The van der Waals surface area contributed by atoms with E-state index in [1.54, 1.807) is 0 Å². The smallest absolute Gasteiger partial charge is 0.0602 e. The van der Waals surface area contributed by atoms with Gasteiger partial charge in [0.05, 0.1) is 6.61 Å². The van der Waals surface area contributed by atoms with Crippen molar-refractivity contribution in [3.05, 3.63) is 0 Å². The van der Waals surface area contributed by atoms with Crippen LogP contribution in [0.5, 0.6) is 0 Å². The molecule has 1 heterocycles. The number of nitrogens with two attached hydrogens (primary N) is 1. The van der Waals surface area contributed by atoms with E-state index in [0.717, 1.165) is 24.9 Å². The molecule has 4 atom stereocenters. The van der Waals surface area contributed by atoms with Crippen LogP contribution in [0, 0.1) is 17.8 Å². The Morgan fingerprint density at radius 3 is 2.25 bits per heavy atom. The zero-order valence-electron chi connectivity index (χ0n) is 10.6. The molecule has 3 heteroatoms. The molecular formula is C13H26N2O. The minimum Gasteiger partial charge on any atom is -0.395 e. The van der Waals surface area contributed by atoms with Gasteiger partial charge in [-0.05, 0) is 37.0 Å². The summed E-state index contributed by atoms with van der Waals surface area (Å²) in [7, 11) is 0. The van der Waals surface area contributed by atoms with Gasteiger partial charge in [0.25, 0.3) is 0 Å². The molecule has 94 valence electrons. The SMILES string of the molecule is CC1CC(C)CN(C(CO)C(N)C2CC2)C1. The fourth-order valence-electron chi connectivity index (χ4n) is 3.26. The Morgan fingerprint density at radius 1 is 1.25 bits per heavy atom. The third kappa shape index (κ3) is 2.76. The average molecular weight is 226 g/mol. The van der Waals surface area contributed by atoms with Crippen LogP contribution in [0.25, 0.3) is 0 Å². The summed E-state index contributed by atoms with van der Waals surface area (Å²) < 4.78 is 0. The van der Waals surface area contributed by atoms with Crippen LogP contribution in [-0.4, -0.2) is 41.8 Å². The molecule has 0 spiro atoms. The summed E-state index contributed by atoms with van der Waals surface area (Å²) in [5, 5.41) is 9.58. The predicted molar refractivity (Wildman–Crippen MR) is 66.1 cm³/mol. The lowest BCUT2D eigenvalue weighted by atomic mass is 9.89. The van der Waals surface area contributed by atoms with E-state index in [2.05, 4.69) is 18.7 Å². The molecule has 2 rings (SSSR count). The molecule has 0 radical (unpaired) electrons. The maximum atomic E-state index is 9.58. The van der Waals surface area contributed by atoms with Crippen LogP contribution in [0.3, 0.4) is 0 Å². The van der Waals surface area contributed by atoms with E-state index < -0.39 is 0 Å². The van der Waals surface area contributed by atoms with E-state index in [1.807, 2.05) is 0 Å². The number of aliphatic hydroxyl groups is 1. The Kier molecular flexibility index (Phi) is 3.88. The summed E-state index contributed by atoms with van der Waals surface area (Å²) >= 11 is 0. The Labute approximate surface area is 99.0 Å².